The van der Waals surface area contributed by atoms with E-state index in [9.17, 15) is 14.4 Å². The molecule has 0 bridgehead atoms. The van der Waals surface area contributed by atoms with Crippen molar-refractivity contribution in [2.75, 3.05) is 0 Å². The van der Waals surface area contributed by atoms with Crippen LogP contribution in [0.1, 0.15) is 28.8 Å². The number of piperidine rings is 1. The molecule has 0 spiro atoms. The SMILES string of the molecule is O=C1CCC(N2Cc3c(csc3Br)C2=O)C(=O)N1. The largest absolute Gasteiger partial charge is 0.322 e. The Morgan fingerprint density at radius 3 is 2.83 bits per heavy atom. The van der Waals surface area contributed by atoms with Gasteiger partial charge in [0.1, 0.15) is 6.04 Å². The van der Waals surface area contributed by atoms with Gasteiger partial charge in [-0.2, -0.15) is 0 Å². The number of halogens is 1. The van der Waals surface area contributed by atoms with Gasteiger partial charge in [0, 0.05) is 23.9 Å². The van der Waals surface area contributed by atoms with Crippen LogP contribution < -0.4 is 5.32 Å². The Morgan fingerprint density at radius 1 is 1.39 bits per heavy atom. The van der Waals surface area contributed by atoms with Crippen molar-refractivity contribution in [1.29, 1.82) is 0 Å². The van der Waals surface area contributed by atoms with Crippen molar-refractivity contribution in [1.82, 2.24) is 10.2 Å². The second-order valence-corrected chi connectivity index (χ2v) is 6.50. The van der Waals surface area contributed by atoms with Crippen molar-refractivity contribution in [3.8, 4) is 0 Å². The van der Waals surface area contributed by atoms with Crippen LogP contribution in [0.15, 0.2) is 9.17 Å². The Hall–Kier alpha value is -1.21. The zero-order chi connectivity index (χ0) is 12.9. The molecule has 3 heterocycles. The van der Waals surface area contributed by atoms with Crippen LogP contribution in [0.25, 0.3) is 0 Å². The summed E-state index contributed by atoms with van der Waals surface area (Å²) < 4.78 is 0.931. The monoisotopic (exact) mass is 328 g/mol. The summed E-state index contributed by atoms with van der Waals surface area (Å²) in [6, 6.07) is -0.528. The van der Waals surface area contributed by atoms with E-state index in [0.29, 0.717) is 18.5 Å². The lowest BCUT2D eigenvalue weighted by molar-refractivity contribution is -0.136. The number of hydrogen-bond acceptors (Lipinski definition) is 4. The average molecular weight is 329 g/mol. The summed E-state index contributed by atoms with van der Waals surface area (Å²) in [6.07, 6.45) is 0.690. The van der Waals surface area contributed by atoms with Crippen LogP contribution in [-0.2, 0) is 16.1 Å². The second-order valence-electron chi connectivity index (χ2n) is 4.30. The first-order chi connectivity index (χ1) is 8.58. The van der Waals surface area contributed by atoms with Gasteiger partial charge in [0.2, 0.25) is 11.8 Å². The normalized spacial score (nSPS) is 23.3. The van der Waals surface area contributed by atoms with Crippen LogP contribution >= 0.6 is 27.3 Å². The van der Waals surface area contributed by atoms with Gasteiger partial charge >= 0.3 is 0 Å². The Kier molecular flexibility index (Phi) is 2.74. The van der Waals surface area contributed by atoms with Crippen LogP contribution in [0, 0.1) is 0 Å². The molecule has 3 rings (SSSR count). The third-order valence-corrected chi connectivity index (χ3v) is 5.09. The number of nitrogens with one attached hydrogen (secondary N) is 1. The second kappa shape index (κ2) is 4.17. The van der Waals surface area contributed by atoms with E-state index in [2.05, 4.69) is 21.2 Å². The summed E-state index contributed by atoms with van der Waals surface area (Å²) in [5.41, 5.74) is 1.60. The zero-order valence-electron chi connectivity index (χ0n) is 9.23. The van der Waals surface area contributed by atoms with Crippen molar-refractivity contribution >= 4 is 45.0 Å². The Labute approximate surface area is 115 Å². The Balaban J connectivity index is 1.86. The van der Waals surface area contributed by atoms with Gasteiger partial charge in [0.05, 0.1) is 9.35 Å². The minimum absolute atomic E-state index is 0.124. The van der Waals surface area contributed by atoms with Gasteiger partial charge in [-0.1, -0.05) is 0 Å². The number of rotatable bonds is 1. The van der Waals surface area contributed by atoms with Crippen LogP contribution in [0.5, 0.6) is 0 Å². The predicted molar refractivity (Wildman–Crippen MR) is 68.1 cm³/mol. The highest BCUT2D eigenvalue weighted by Gasteiger charge is 2.40. The minimum Gasteiger partial charge on any atom is -0.322 e. The van der Waals surface area contributed by atoms with Gasteiger partial charge in [0.25, 0.3) is 5.91 Å². The van der Waals surface area contributed by atoms with E-state index in [1.165, 1.54) is 11.3 Å². The van der Waals surface area contributed by atoms with E-state index in [1.807, 2.05) is 0 Å². The molecule has 0 aliphatic carbocycles. The third kappa shape index (κ3) is 1.69. The topological polar surface area (TPSA) is 66.5 Å². The summed E-state index contributed by atoms with van der Waals surface area (Å²) in [4.78, 5) is 36.6. The summed E-state index contributed by atoms with van der Waals surface area (Å²) in [6.45, 7) is 0.435. The maximum atomic E-state index is 12.2. The molecule has 0 saturated carbocycles. The highest BCUT2D eigenvalue weighted by molar-refractivity contribution is 9.11. The van der Waals surface area contributed by atoms with Crippen molar-refractivity contribution in [3.63, 3.8) is 0 Å². The summed E-state index contributed by atoms with van der Waals surface area (Å²) in [5.74, 6) is -0.760. The fourth-order valence-corrected chi connectivity index (χ4v) is 3.71. The number of fused-ring (bicyclic) bond motifs is 1. The van der Waals surface area contributed by atoms with Crippen molar-refractivity contribution < 1.29 is 14.4 Å². The Bertz CT molecular complexity index is 569. The highest BCUT2D eigenvalue weighted by Crippen LogP contribution is 2.36. The Morgan fingerprint density at radius 2 is 2.17 bits per heavy atom. The lowest BCUT2D eigenvalue weighted by Crippen LogP contribution is -2.52. The molecule has 2 aliphatic heterocycles. The number of thiophene rings is 1. The molecule has 1 atom stereocenters. The first kappa shape index (κ1) is 11.9. The smallest absolute Gasteiger partial charge is 0.256 e. The molecule has 1 N–H and O–H groups in total. The van der Waals surface area contributed by atoms with E-state index in [1.54, 1.807) is 10.3 Å². The number of amides is 3. The maximum Gasteiger partial charge on any atom is 0.256 e. The van der Waals surface area contributed by atoms with E-state index in [-0.39, 0.29) is 24.1 Å². The molecule has 2 aliphatic rings. The molecule has 0 aromatic carbocycles. The standard InChI is InChI=1S/C11H9BrN2O3S/c12-9-5-3-14(11(17)6(5)4-18-9)7-1-2-8(15)13-10(7)16/h4,7H,1-3H2,(H,13,15,16). The summed E-state index contributed by atoms with van der Waals surface area (Å²) in [5, 5.41) is 4.08. The molecular weight excluding hydrogens is 320 g/mol. The zero-order valence-corrected chi connectivity index (χ0v) is 11.6. The predicted octanol–water partition coefficient (Wildman–Crippen LogP) is 1.27. The summed E-state index contributed by atoms with van der Waals surface area (Å²) in [7, 11) is 0. The van der Waals surface area contributed by atoms with Crippen LogP contribution in [-0.4, -0.2) is 28.7 Å². The van der Waals surface area contributed by atoms with Crippen LogP contribution in [0.2, 0.25) is 0 Å². The molecule has 0 radical (unpaired) electrons. The fourth-order valence-electron chi connectivity index (χ4n) is 2.31. The van der Waals surface area contributed by atoms with Crippen LogP contribution in [0.3, 0.4) is 0 Å². The van der Waals surface area contributed by atoms with Gasteiger partial charge in [-0.05, 0) is 22.4 Å². The van der Waals surface area contributed by atoms with Crippen molar-refractivity contribution in [3.05, 3.63) is 20.3 Å². The molecule has 1 aromatic rings. The van der Waals surface area contributed by atoms with Crippen LogP contribution in [0.4, 0.5) is 0 Å². The lowest BCUT2D eigenvalue weighted by atomic mass is 10.0. The minimum atomic E-state index is -0.528. The number of imide groups is 1. The average Bonchev–Trinajstić information content (AvgIpc) is 2.82. The molecule has 1 aromatic heterocycles. The number of carbonyl (C=O) groups excluding carboxylic acids is 3. The van der Waals surface area contributed by atoms with E-state index >= 15 is 0 Å². The quantitative estimate of drug-likeness (QED) is 0.789. The highest BCUT2D eigenvalue weighted by atomic mass is 79.9. The summed E-state index contributed by atoms with van der Waals surface area (Å²) >= 11 is 4.88. The van der Waals surface area contributed by atoms with Gasteiger partial charge in [-0.3, -0.25) is 19.7 Å². The first-order valence-electron chi connectivity index (χ1n) is 5.48. The third-order valence-electron chi connectivity index (χ3n) is 3.25. The van der Waals surface area contributed by atoms with Gasteiger partial charge in [0.15, 0.2) is 0 Å². The molecule has 3 amide bonds. The molecule has 1 fully saturated rings. The van der Waals surface area contributed by atoms with E-state index in [4.69, 9.17) is 0 Å². The fraction of sp³-hybridized carbons (Fsp3) is 0.364. The molecule has 5 nitrogen and oxygen atoms in total. The lowest BCUT2D eigenvalue weighted by Gasteiger charge is -2.29. The van der Waals surface area contributed by atoms with E-state index in [0.717, 1.165) is 9.35 Å². The number of carbonyl (C=O) groups is 3. The molecule has 18 heavy (non-hydrogen) atoms. The van der Waals surface area contributed by atoms with Crippen molar-refractivity contribution in [2.24, 2.45) is 0 Å². The molecule has 94 valence electrons. The number of hydrogen-bond donors (Lipinski definition) is 1. The van der Waals surface area contributed by atoms with Crippen molar-refractivity contribution in [2.45, 2.75) is 25.4 Å². The van der Waals surface area contributed by atoms with Gasteiger partial charge < -0.3 is 4.90 Å². The molecular formula is C11H9BrN2O3S. The first-order valence-corrected chi connectivity index (χ1v) is 7.15. The molecule has 1 saturated heterocycles. The number of nitrogens with zero attached hydrogens (tertiary/aromatic N) is 1. The maximum absolute atomic E-state index is 12.2. The van der Waals surface area contributed by atoms with Gasteiger partial charge in [-0.15, -0.1) is 11.3 Å². The van der Waals surface area contributed by atoms with Gasteiger partial charge in [-0.25, -0.2) is 0 Å². The molecule has 7 heteroatoms. The van der Waals surface area contributed by atoms with E-state index < -0.39 is 6.04 Å². The molecule has 1 unspecified atom stereocenters.